The number of methoxy groups -OCH3 is 1. The minimum atomic E-state index is -2.65. The molecule has 8 nitrogen and oxygen atoms in total. The molecule has 2 heterocycles. The summed E-state index contributed by atoms with van der Waals surface area (Å²) in [5.74, 6) is -3.21. The standard InChI is InChI=1S/C35H38Cl2F2N4O4/c1-19(47-2)16-40-17-21-9-27(34(46)43(18-21)24-6-7-24)33(45)42-32-11-23(10-30(41-32)22-4-5-22)25-12-28(36)29(37)13-26(25)31(44)8-3-20-14-35(38,39)15-20/h9-13,18-20,22,24,40H,3-8,14-17H2,1-2H3,(H,41,42,45)/t19-/m0/s1. The van der Waals surface area contributed by atoms with E-state index in [9.17, 15) is 23.2 Å². The van der Waals surface area contributed by atoms with Gasteiger partial charge in [0.15, 0.2) is 5.78 Å². The van der Waals surface area contributed by atoms with Crippen molar-refractivity contribution in [1.82, 2.24) is 14.9 Å². The summed E-state index contributed by atoms with van der Waals surface area (Å²) in [6.07, 6.45) is 5.50. The molecule has 2 N–H and O–H groups in total. The van der Waals surface area contributed by atoms with Gasteiger partial charge in [0.05, 0.1) is 16.1 Å². The van der Waals surface area contributed by atoms with Gasteiger partial charge in [-0.1, -0.05) is 23.2 Å². The molecule has 0 radical (unpaired) electrons. The number of halogens is 4. The van der Waals surface area contributed by atoms with Gasteiger partial charge in [0.25, 0.3) is 11.5 Å². The van der Waals surface area contributed by atoms with Crippen LogP contribution in [0.2, 0.25) is 10.0 Å². The van der Waals surface area contributed by atoms with Gasteiger partial charge >= 0.3 is 0 Å². The average molecular weight is 688 g/mol. The number of anilines is 1. The van der Waals surface area contributed by atoms with Crippen LogP contribution >= 0.6 is 23.2 Å². The van der Waals surface area contributed by atoms with Gasteiger partial charge in [0.1, 0.15) is 11.4 Å². The molecule has 3 aliphatic rings. The Morgan fingerprint density at radius 3 is 2.45 bits per heavy atom. The quantitative estimate of drug-likeness (QED) is 0.168. The number of ether oxygens (including phenoxy) is 1. The van der Waals surface area contributed by atoms with Crippen LogP contribution in [0.25, 0.3) is 11.1 Å². The van der Waals surface area contributed by atoms with E-state index in [0.29, 0.717) is 36.2 Å². The van der Waals surface area contributed by atoms with Crippen molar-refractivity contribution in [2.45, 2.75) is 88.8 Å². The first-order valence-corrected chi connectivity index (χ1v) is 16.9. The summed E-state index contributed by atoms with van der Waals surface area (Å²) >= 11 is 12.8. The molecule has 0 aliphatic heterocycles. The average Bonchev–Trinajstić information content (AvgIpc) is 3.94. The Balaban J connectivity index is 1.29. The van der Waals surface area contributed by atoms with E-state index >= 15 is 0 Å². The Bertz CT molecular complexity index is 1750. The van der Waals surface area contributed by atoms with Gasteiger partial charge < -0.3 is 19.9 Å². The highest BCUT2D eigenvalue weighted by Gasteiger charge is 2.44. The maximum atomic E-state index is 13.7. The highest BCUT2D eigenvalue weighted by Crippen LogP contribution is 2.45. The van der Waals surface area contributed by atoms with Gasteiger partial charge in [-0.05, 0) is 92.0 Å². The molecule has 3 aromatic rings. The lowest BCUT2D eigenvalue weighted by atomic mass is 9.78. The number of alkyl halides is 2. The highest BCUT2D eigenvalue weighted by molar-refractivity contribution is 6.42. The third-order valence-electron chi connectivity index (χ3n) is 9.16. The Kier molecular flexibility index (Phi) is 9.86. The highest BCUT2D eigenvalue weighted by atomic mass is 35.5. The molecule has 1 amide bonds. The van der Waals surface area contributed by atoms with Gasteiger partial charge in [-0.15, -0.1) is 0 Å². The van der Waals surface area contributed by atoms with E-state index in [1.807, 2.05) is 19.2 Å². The van der Waals surface area contributed by atoms with E-state index < -0.39 is 11.8 Å². The first kappa shape index (κ1) is 33.7. The Hall–Kier alpha value is -3.18. The molecule has 6 rings (SSSR count). The zero-order valence-corrected chi connectivity index (χ0v) is 27.9. The molecule has 12 heteroatoms. The first-order chi connectivity index (χ1) is 22.4. The lowest BCUT2D eigenvalue weighted by molar-refractivity contribution is -0.111. The van der Waals surface area contributed by atoms with Crippen molar-refractivity contribution in [1.29, 1.82) is 0 Å². The number of Topliss-reactive ketones (excluding diaryl/α,β-unsaturated/α-hetero) is 1. The second kappa shape index (κ2) is 13.7. The smallest absolute Gasteiger partial charge is 0.263 e. The summed E-state index contributed by atoms with van der Waals surface area (Å²) in [6.45, 7) is 3.01. The molecule has 0 saturated heterocycles. The molecule has 0 unspecified atom stereocenters. The van der Waals surface area contributed by atoms with Gasteiger partial charge in [-0.2, -0.15) is 0 Å². The molecule has 3 fully saturated rings. The monoisotopic (exact) mass is 686 g/mol. The van der Waals surface area contributed by atoms with Crippen LogP contribution in [0.4, 0.5) is 14.6 Å². The molecule has 0 bridgehead atoms. The van der Waals surface area contributed by atoms with Crippen molar-refractivity contribution in [3.63, 3.8) is 0 Å². The number of pyridine rings is 2. The molecular formula is C35H38Cl2F2N4O4. The van der Waals surface area contributed by atoms with E-state index in [1.165, 1.54) is 6.07 Å². The third-order valence-corrected chi connectivity index (χ3v) is 9.88. The Labute approximate surface area is 282 Å². The number of hydrogen-bond acceptors (Lipinski definition) is 6. The van der Waals surface area contributed by atoms with Gasteiger partial charge in [-0.3, -0.25) is 14.4 Å². The molecule has 3 aliphatic carbocycles. The Morgan fingerprint density at radius 2 is 1.79 bits per heavy atom. The second-order valence-electron chi connectivity index (χ2n) is 13.2. The van der Waals surface area contributed by atoms with Crippen LogP contribution in [-0.2, 0) is 11.3 Å². The fourth-order valence-corrected chi connectivity index (χ4v) is 6.39. The van der Waals surface area contributed by atoms with Crippen molar-refractivity contribution in [2.24, 2.45) is 5.92 Å². The normalized spacial score (nSPS) is 18.1. The van der Waals surface area contributed by atoms with E-state index in [4.69, 9.17) is 32.9 Å². The van der Waals surface area contributed by atoms with Crippen molar-refractivity contribution >= 4 is 40.7 Å². The number of hydrogen-bond donors (Lipinski definition) is 2. The number of benzene rings is 1. The van der Waals surface area contributed by atoms with Gasteiger partial charge in [0.2, 0.25) is 5.92 Å². The summed E-state index contributed by atoms with van der Waals surface area (Å²) < 4.78 is 33.7. The van der Waals surface area contributed by atoms with Crippen LogP contribution in [0, 0.1) is 5.92 Å². The lowest BCUT2D eigenvalue weighted by Crippen LogP contribution is -2.35. The number of ketones is 1. The minimum Gasteiger partial charge on any atom is -0.380 e. The number of nitrogens with one attached hydrogen (secondary N) is 2. The molecule has 250 valence electrons. The lowest BCUT2D eigenvalue weighted by Gasteiger charge is -2.34. The van der Waals surface area contributed by atoms with Crippen molar-refractivity contribution in [2.75, 3.05) is 19.0 Å². The van der Waals surface area contributed by atoms with Crippen LogP contribution < -0.4 is 16.2 Å². The summed E-state index contributed by atoms with van der Waals surface area (Å²) in [4.78, 5) is 45.3. The van der Waals surface area contributed by atoms with Crippen molar-refractivity contribution in [3.05, 3.63) is 79.3 Å². The molecule has 0 spiro atoms. The maximum absolute atomic E-state index is 13.7. The van der Waals surface area contributed by atoms with Crippen molar-refractivity contribution < 1.29 is 23.1 Å². The number of carbonyl (C=O) groups excluding carboxylic acids is 2. The molecule has 47 heavy (non-hydrogen) atoms. The van der Waals surface area contributed by atoms with E-state index in [-0.39, 0.29) is 76.0 Å². The predicted octanol–water partition coefficient (Wildman–Crippen LogP) is 7.81. The Morgan fingerprint density at radius 1 is 1.06 bits per heavy atom. The van der Waals surface area contributed by atoms with E-state index in [2.05, 4.69) is 10.6 Å². The van der Waals surface area contributed by atoms with Crippen molar-refractivity contribution in [3.8, 4) is 11.1 Å². The zero-order chi connectivity index (χ0) is 33.5. The van der Waals surface area contributed by atoms with Gasteiger partial charge in [0, 0.05) is 68.9 Å². The summed E-state index contributed by atoms with van der Waals surface area (Å²) in [5, 5.41) is 6.61. The van der Waals surface area contributed by atoms with Crippen LogP contribution in [0.3, 0.4) is 0 Å². The topological polar surface area (TPSA) is 102 Å². The number of amides is 1. The maximum Gasteiger partial charge on any atom is 0.263 e. The first-order valence-electron chi connectivity index (χ1n) is 16.1. The summed E-state index contributed by atoms with van der Waals surface area (Å²) in [5.41, 5.74) is 2.65. The van der Waals surface area contributed by atoms with Crippen LogP contribution in [0.5, 0.6) is 0 Å². The van der Waals surface area contributed by atoms with E-state index in [1.54, 1.807) is 29.9 Å². The SMILES string of the molecule is CO[C@@H](C)CNCc1cc(C(=O)Nc2cc(-c3cc(Cl)c(Cl)cc3C(=O)CCC3CC(F)(F)C3)cc(C3CC3)n2)c(=O)n(C2CC2)c1. The number of nitrogens with zero attached hydrogens (tertiary/aromatic N) is 2. The van der Waals surface area contributed by atoms with Gasteiger partial charge in [-0.25, -0.2) is 13.8 Å². The van der Waals surface area contributed by atoms with Crippen LogP contribution in [0.1, 0.15) is 102 Å². The van der Waals surface area contributed by atoms with Crippen LogP contribution in [0.15, 0.2) is 41.3 Å². The van der Waals surface area contributed by atoms with Crippen LogP contribution in [-0.4, -0.2) is 46.9 Å². The molecular weight excluding hydrogens is 649 g/mol. The largest absolute Gasteiger partial charge is 0.380 e. The second-order valence-corrected chi connectivity index (χ2v) is 14.0. The number of carbonyl (C=O) groups is 2. The molecule has 3 saturated carbocycles. The predicted molar refractivity (Wildman–Crippen MR) is 178 cm³/mol. The third kappa shape index (κ3) is 8.11. The molecule has 2 aromatic heterocycles. The van der Waals surface area contributed by atoms with E-state index in [0.717, 1.165) is 36.9 Å². The fourth-order valence-electron chi connectivity index (χ4n) is 6.07. The zero-order valence-electron chi connectivity index (χ0n) is 26.4. The molecule has 1 atom stereocenters. The number of rotatable bonds is 14. The summed E-state index contributed by atoms with van der Waals surface area (Å²) in [7, 11) is 1.64. The number of aromatic nitrogens is 2. The molecule has 1 aromatic carbocycles. The fraction of sp³-hybridized carbons (Fsp3) is 0.486. The summed E-state index contributed by atoms with van der Waals surface area (Å²) in [6, 6.07) is 8.34. The minimum absolute atomic E-state index is 0.00761.